The molecule has 2 aliphatic rings. The Morgan fingerprint density at radius 3 is 2.51 bits per heavy atom. The van der Waals surface area contributed by atoms with Crippen LogP contribution in [0.4, 0.5) is 15.6 Å². The number of amides is 2. The molecular weight excluding hydrogens is 590 g/mol. The van der Waals surface area contributed by atoms with Crippen molar-refractivity contribution in [2.75, 3.05) is 83.3 Å². The monoisotopic (exact) mass is 629 g/mol. The number of aromatic carboxylic acids is 1. The molecule has 2 aliphatic heterocycles. The number of piperazine rings is 1. The van der Waals surface area contributed by atoms with E-state index >= 15 is 0 Å². The molecular formula is C33H39N7O4S. The molecule has 0 radical (unpaired) electrons. The Kier molecular flexibility index (Phi) is 9.55. The molecule has 0 aliphatic carbocycles. The van der Waals surface area contributed by atoms with Crippen LogP contribution >= 0.6 is 11.3 Å². The average molecular weight is 630 g/mol. The molecule has 1 saturated heterocycles. The Morgan fingerprint density at radius 2 is 1.76 bits per heavy atom. The highest BCUT2D eigenvalue weighted by molar-refractivity contribution is 7.22. The van der Waals surface area contributed by atoms with Crippen molar-refractivity contribution in [2.24, 2.45) is 0 Å². The summed E-state index contributed by atoms with van der Waals surface area (Å²) in [5.41, 5.74) is 3.81. The van der Waals surface area contributed by atoms with Gasteiger partial charge in [0, 0.05) is 63.6 Å². The maximum Gasteiger partial charge on any atom is 0.358 e. The minimum Gasteiger partial charge on any atom is -0.490 e. The van der Waals surface area contributed by atoms with E-state index < -0.39 is 5.97 Å². The van der Waals surface area contributed by atoms with E-state index in [9.17, 15) is 14.7 Å². The molecule has 2 amide bonds. The number of urea groups is 1. The van der Waals surface area contributed by atoms with Gasteiger partial charge in [-0.05, 0) is 62.8 Å². The highest BCUT2D eigenvalue weighted by atomic mass is 32.1. The van der Waals surface area contributed by atoms with Gasteiger partial charge >= 0.3 is 12.0 Å². The number of pyridine rings is 1. The smallest absolute Gasteiger partial charge is 0.358 e. The number of aryl methyl sites for hydroxylation is 1. The van der Waals surface area contributed by atoms with Crippen LogP contribution in [0.15, 0.2) is 54.6 Å². The first-order chi connectivity index (χ1) is 21.8. The van der Waals surface area contributed by atoms with Crippen molar-refractivity contribution in [3.05, 3.63) is 65.9 Å². The van der Waals surface area contributed by atoms with Crippen LogP contribution in [0, 0.1) is 0 Å². The maximum absolute atomic E-state index is 13.4. The van der Waals surface area contributed by atoms with E-state index in [1.807, 2.05) is 42.5 Å². The first kappa shape index (κ1) is 30.9. The quantitative estimate of drug-likeness (QED) is 0.260. The number of nitrogens with zero attached hydrogens (tertiary/aromatic N) is 6. The van der Waals surface area contributed by atoms with Gasteiger partial charge in [0.25, 0.3) is 0 Å². The molecule has 11 nitrogen and oxygen atoms in total. The number of ether oxygens (including phenoxy) is 1. The number of benzene rings is 2. The summed E-state index contributed by atoms with van der Waals surface area (Å²) in [7, 11) is 4.18. The molecule has 2 N–H and O–H groups in total. The Morgan fingerprint density at radius 1 is 0.978 bits per heavy atom. The number of carbonyl (C=O) groups excluding carboxylic acids is 1. The third kappa shape index (κ3) is 7.42. The normalized spacial score (nSPS) is 15.8. The van der Waals surface area contributed by atoms with E-state index in [2.05, 4.69) is 44.1 Å². The zero-order chi connectivity index (χ0) is 31.3. The molecule has 6 rings (SSSR count). The number of hydrogen-bond donors (Lipinski definition) is 2. The van der Waals surface area contributed by atoms with Crippen molar-refractivity contribution in [3.8, 4) is 17.0 Å². The van der Waals surface area contributed by atoms with Crippen molar-refractivity contribution >= 4 is 44.4 Å². The van der Waals surface area contributed by atoms with E-state index in [0.29, 0.717) is 24.0 Å². The molecule has 0 saturated carbocycles. The summed E-state index contributed by atoms with van der Waals surface area (Å²) in [5.74, 6) is -0.887. The van der Waals surface area contributed by atoms with E-state index in [1.54, 1.807) is 17.0 Å². The number of para-hydroxylation sites is 1. The first-order valence-electron chi connectivity index (χ1n) is 15.4. The van der Waals surface area contributed by atoms with Gasteiger partial charge in [-0.3, -0.25) is 20.0 Å². The second kappa shape index (κ2) is 13.9. The molecule has 0 unspecified atom stereocenters. The van der Waals surface area contributed by atoms with Gasteiger partial charge in [-0.15, -0.1) is 0 Å². The van der Waals surface area contributed by atoms with Gasteiger partial charge in [0.05, 0.1) is 15.9 Å². The fourth-order valence-electron chi connectivity index (χ4n) is 5.77. The highest BCUT2D eigenvalue weighted by Crippen LogP contribution is 2.34. The largest absolute Gasteiger partial charge is 0.490 e. The lowest BCUT2D eigenvalue weighted by atomic mass is 9.98. The summed E-state index contributed by atoms with van der Waals surface area (Å²) in [6.07, 6.45) is 1.70. The lowest BCUT2D eigenvalue weighted by molar-refractivity contribution is 0.0683. The maximum atomic E-state index is 13.4. The van der Waals surface area contributed by atoms with Crippen LogP contribution in [-0.2, 0) is 6.42 Å². The number of anilines is 2. The third-order valence-electron chi connectivity index (χ3n) is 8.31. The van der Waals surface area contributed by atoms with Gasteiger partial charge in [-0.25, -0.2) is 19.6 Å². The van der Waals surface area contributed by atoms with Crippen LogP contribution in [0.5, 0.6) is 5.75 Å². The SMILES string of the molecule is CN(C)CCN1CCN(CCOc2ccc(-c3ccc4c(c3)N(C(=O)Nc3nc5ccccc5s3)CCC4)nc2C(=O)O)CC1. The molecule has 0 atom stereocenters. The molecule has 0 spiro atoms. The van der Waals surface area contributed by atoms with Gasteiger partial charge in [-0.1, -0.05) is 35.6 Å². The van der Waals surface area contributed by atoms with E-state index in [1.165, 1.54) is 11.3 Å². The van der Waals surface area contributed by atoms with Crippen LogP contribution in [-0.4, -0.2) is 115 Å². The zero-order valence-electron chi connectivity index (χ0n) is 25.7. The van der Waals surface area contributed by atoms with Crippen LogP contribution in [0.3, 0.4) is 0 Å². The van der Waals surface area contributed by atoms with Crippen molar-refractivity contribution in [1.82, 2.24) is 24.7 Å². The van der Waals surface area contributed by atoms with Crippen LogP contribution in [0.25, 0.3) is 21.5 Å². The lowest BCUT2D eigenvalue weighted by Crippen LogP contribution is -2.48. The van der Waals surface area contributed by atoms with Gasteiger partial charge in [0.15, 0.2) is 16.6 Å². The summed E-state index contributed by atoms with van der Waals surface area (Å²) >= 11 is 1.44. The summed E-state index contributed by atoms with van der Waals surface area (Å²) in [4.78, 5) is 43.4. The van der Waals surface area contributed by atoms with E-state index in [0.717, 1.165) is 85.7 Å². The fourth-order valence-corrected chi connectivity index (χ4v) is 6.62. The van der Waals surface area contributed by atoms with Crippen LogP contribution < -0.4 is 15.0 Å². The summed E-state index contributed by atoms with van der Waals surface area (Å²) in [5, 5.41) is 13.5. The van der Waals surface area contributed by atoms with Crippen LogP contribution in [0.2, 0.25) is 0 Å². The van der Waals surface area contributed by atoms with Gasteiger partial charge < -0.3 is 14.7 Å². The molecule has 4 aromatic rings. The number of thiazole rings is 1. The van der Waals surface area contributed by atoms with Crippen molar-refractivity contribution in [2.45, 2.75) is 12.8 Å². The van der Waals surface area contributed by atoms with Gasteiger partial charge in [0.1, 0.15) is 6.61 Å². The van der Waals surface area contributed by atoms with Crippen molar-refractivity contribution < 1.29 is 19.4 Å². The number of aromatic nitrogens is 2. The fraction of sp³-hybridized carbons (Fsp3) is 0.394. The first-order valence-corrected chi connectivity index (χ1v) is 16.2. The lowest BCUT2D eigenvalue weighted by Gasteiger charge is -2.35. The molecule has 4 heterocycles. The van der Waals surface area contributed by atoms with Crippen molar-refractivity contribution in [3.63, 3.8) is 0 Å². The molecule has 0 bridgehead atoms. The molecule has 45 heavy (non-hydrogen) atoms. The number of rotatable bonds is 10. The van der Waals surface area contributed by atoms with Crippen molar-refractivity contribution in [1.29, 1.82) is 0 Å². The number of carboxylic acid groups (broad SMARTS) is 1. The molecule has 2 aromatic heterocycles. The Hall–Kier alpha value is -4.10. The number of nitrogens with one attached hydrogen (secondary N) is 1. The molecule has 2 aromatic carbocycles. The highest BCUT2D eigenvalue weighted by Gasteiger charge is 2.25. The van der Waals surface area contributed by atoms with E-state index in [-0.39, 0.29) is 17.5 Å². The summed E-state index contributed by atoms with van der Waals surface area (Å²) in [6.45, 7) is 7.77. The Balaban J connectivity index is 1.12. The number of fused-ring (bicyclic) bond motifs is 2. The Bertz CT molecular complexity index is 1640. The average Bonchev–Trinajstić information content (AvgIpc) is 3.46. The van der Waals surface area contributed by atoms with Gasteiger partial charge in [0.2, 0.25) is 0 Å². The molecule has 236 valence electrons. The Labute approximate surface area is 267 Å². The number of hydrogen-bond acceptors (Lipinski definition) is 9. The number of carboxylic acids is 1. The minimum atomic E-state index is -1.14. The zero-order valence-corrected chi connectivity index (χ0v) is 26.6. The second-order valence-corrected chi connectivity index (χ2v) is 12.7. The number of likely N-dealkylation sites (N-methyl/N-ethyl adjacent to an activating group) is 1. The summed E-state index contributed by atoms with van der Waals surface area (Å²) in [6, 6.07) is 16.8. The van der Waals surface area contributed by atoms with Crippen LogP contribution in [0.1, 0.15) is 22.5 Å². The summed E-state index contributed by atoms with van der Waals surface area (Å²) < 4.78 is 6.95. The molecule has 1 fully saturated rings. The molecule has 12 heteroatoms. The van der Waals surface area contributed by atoms with E-state index in [4.69, 9.17) is 4.74 Å². The standard InChI is InChI=1S/C33H39N7O4S/c1-37(2)14-15-38-16-18-39(19-17-38)20-21-44-28-12-11-25(34-30(28)31(41)42)24-10-9-23-6-5-13-40(27(23)22-24)33(43)36-32-35-26-7-3-4-8-29(26)45-32/h3-4,7-12,22H,5-6,13-21H2,1-2H3,(H,41,42)(H,35,36,43). The predicted octanol–water partition coefficient (Wildman–Crippen LogP) is 4.60. The van der Waals surface area contributed by atoms with Gasteiger partial charge in [-0.2, -0.15) is 0 Å². The minimum absolute atomic E-state index is 0.121. The third-order valence-corrected chi connectivity index (χ3v) is 9.26. The predicted molar refractivity (Wildman–Crippen MR) is 178 cm³/mol. The number of carbonyl (C=O) groups is 2. The second-order valence-electron chi connectivity index (χ2n) is 11.7. The topological polar surface area (TPSA) is 114 Å².